The molecule has 136 valence electrons. The van der Waals surface area contributed by atoms with E-state index in [1.54, 1.807) is 0 Å². The Morgan fingerprint density at radius 2 is 1.58 bits per heavy atom. The van der Waals surface area contributed by atoms with Crippen molar-refractivity contribution in [1.82, 2.24) is 0 Å². The highest BCUT2D eigenvalue weighted by molar-refractivity contribution is 9.10. The zero-order valence-corrected chi connectivity index (χ0v) is 14.1. The van der Waals surface area contributed by atoms with Crippen LogP contribution in [0.4, 0.5) is 26.3 Å². The molecule has 0 aliphatic heterocycles. The number of rotatable bonds is 3. The fourth-order valence-corrected chi connectivity index (χ4v) is 2.56. The number of furan rings is 1. The highest BCUT2D eigenvalue weighted by Gasteiger charge is 2.33. The van der Waals surface area contributed by atoms with E-state index in [0.717, 1.165) is 12.1 Å². The Kier molecular flexibility index (Phi) is 4.74. The zero-order valence-electron chi connectivity index (χ0n) is 12.5. The molecule has 0 spiro atoms. The molecule has 0 saturated heterocycles. The number of benzene rings is 2. The Balaban J connectivity index is 2.03. The maximum atomic E-state index is 14.1. The molecule has 0 bridgehead atoms. The highest BCUT2D eigenvalue weighted by Crippen LogP contribution is 2.39. The summed E-state index contributed by atoms with van der Waals surface area (Å²) in [6.45, 7) is 0. The minimum atomic E-state index is -4.91. The molecule has 0 unspecified atom stereocenters. The monoisotopic (exact) mass is 436 g/mol. The molecule has 0 radical (unpaired) electrons. The molecule has 3 rings (SSSR count). The summed E-state index contributed by atoms with van der Waals surface area (Å²) in [5, 5.41) is 0. The number of hydrogen-bond donors (Lipinski definition) is 0. The van der Waals surface area contributed by atoms with Gasteiger partial charge in [-0.05, 0) is 52.3 Å². The SMILES string of the molecule is Fc1cc(Br)c(Oc2c(F)cc(C(F)(F)F)cc2F)cc1-c1ccco1. The highest BCUT2D eigenvalue weighted by atomic mass is 79.9. The molecule has 0 aliphatic rings. The molecule has 2 nitrogen and oxygen atoms in total. The van der Waals surface area contributed by atoms with Crippen LogP contribution in [0.3, 0.4) is 0 Å². The van der Waals surface area contributed by atoms with Crippen LogP contribution in [-0.2, 0) is 6.18 Å². The van der Waals surface area contributed by atoms with Crippen LogP contribution in [0.1, 0.15) is 5.56 Å². The van der Waals surface area contributed by atoms with Gasteiger partial charge in [0.2, 0.25) is 0 Å². The van der Waals surface area contributed by atoms with Crippen LogP contribution in [0.25, 0.3) is 11.3 Å². The molecule has 1 aromatic heterocycles. The van der Waals surface area contributed by atoms with Gasteiger partial charge >= 0.3 is 6.18 Å². The fraction of sp³-hybridized carbons (Fsp3) is 0.0588. The summed E-state index contributed by atoms with van der Waals surface area (Å²) in [6.07, 6.45) is -3.62. The van der Waals surface area contributed by atoms with Gasteiger partial charge in [0, 0.05) is 0 Å². The quantitative estimate of drug-likeness (QED) is 0.415. The average molecular weight is 437 g/mol. The summed E-state index contributed by atoms with van der Waals surface area (Å²) in [7, 11) is 0. The minimum Gasteiger partial charge on any atom is -0.464 e. The van der Waals surface area contributed by atoms with E-state index in [-0.39, 0.29) is 33.7 Å². The minimum absolute atomic E-state index is 0.00371. The van der Waals surface area contributed by atoms with Gasteiger partial charge in [0.15, 0.2) is 17.4 Å². The van der Waals surface area contributed by atoms with Crippen LogP contribution in [0.15, 0.2) is 51.6 Å². The third-order valence-electron chi connectivity index (χ3n) is 3.35. The van der Waals surface area contributed by atoms with E-state index in [0.29, 0.717) is 0 Å². The Morgan fingerprint density at radius 3 is 2.12 bits per heavy atom. The van der Waals surface area contributed by atoms with E-state index in [1.165, 1.54) is 18.4 Å². The van der Waals surface area contributed by atoms with Gasteiger partial charge in [-0.25, -0.2) is 13.2 Å². The van der Waals surface area contributed by atoms with Crippen LogP contribution in [-0.4, -0.2) is 0 Å². The Bertz CT molecular complexity index is 928. The molecule has 1 heterocycles. The van der Waals surface area contributed by atoms with Crippen molar-refractivity contribution >= 4 is 15.9 Å². The lowest BCUT2D eigenvalue weighted by Crippen LogP contribution is -2.07. The molecule has 0 fully saturated rings. The Morgan fingerprint density at radius 1 is 0.923 bits per heavy atom. The largest absolute Gasteiger partial charge is 0.464 e. The van der Waals surface area contributed by atoms with Crippen molar-refractivity contribution in [2.45, 2.75) is 6.18 Å². The first-order valence-electron chi connectivity index (χ1n) is 6.94. The van der Waals surface area contributed by atoms with Crippen LogP contribution in [0.5, 0.6) is 11.5 Å². The molecule has 2 aromatic carbocycles. The van der Waals surface area contributed by atoms with Gasteiger partial charge in [-0.2, -0.15) is 13.2 Å². The standard InChI is InChI=1S/C17H7BrF6O2/c18-10-7-11(19)9(14-2-1-3-25-14)6-15(10)26-16-12(20)4-8(5-13(16)21)17(22,23)24/h1-7H. The Hall–Kier alpha value is -2.42. The van der Waals surface area contributed by atoms with Crippen molar-refractivity contribution in [3.05, 3.63) is 70.1 Å². The molecule has 0 N–H and O–H groups in total. The predicted molar refractivity (Wildman–Crippen MR) is 83.2 cm³/mol. The van der Waals surface area contributed by atoms with Gasteiger partial charge in [-0.15, -0.1) is 0 Å². The molecular formula is C17H7BrF6O2. The summed E-state index contributed by atoms with van der Waals surface area (Å²) in [5.74, 6) is -4.92. The van der Waals surface area contributed by atoms with Gasteiger partial charge < -0.3 is 9.15 Å². The molecular weight excluding hydrogens is 430 g/mol. The molecule has 0 aliphatic carbocycles. The summed E-state index contributed by atoms with van der Waals surface area (Å²) in [5.41, 5.74) is -1.55. The second-order valence-corrected chi connectivity index (χ2v) is 5.96. The van der Waals surface area contributed by atoms with Gasteiger partial charge in [-0.3, -0.25) is 0 Å². The number of hydrogen-bond acceptors (Lipinski definition) is 2. The van der Waals surface area contributed by atoms with Gasteiger partial charge in [0.05, 0.1) is 21.9 Å². The maximum Gasteiger partial charge on any atom is 0.416 e. The van der Waals surface area contributed by atoms with Crippen molar-refractivity contribution < 1.29 is 35.5 Å². The number of halogens is 7. The third kappa shape index (κ3) is 3.57. The predicted octanol–water partition coefficient (Wildman–Crippen LogP) is 6.94. The lowest BCUT2D eigenvalue weighted by Gasteiger charge is -2.13. The van der Waals surface area contributed by atoms with E-state index in [1.807, 2.05) is 0 Å². The summed E-state index contributed by atoms with van der Waals surface area (Å²) in [4.78, 5) is 0. The van der Waals surface area contributed by atoms with E-state index in [4.69, 9.17) is 9.15 Å². The summed E-state index contributed by atoms with van der Waals surface area (Å²) in [6, 6.07) is 5.27. The first-order chi connectivity index (χ1) is 12.2. The molecule has 0 saturated carbocycles. The maximum absolute atomic E-state index is 14.1. The average Bonchev–Trinajstić information content (AvgIpc) is 3.05. The third-order valence-corrected chi connectivity index (χ3v) is 3.97. The van der Waals surface area contributed by atoms with Crippen molar-refractivity contribution in [3.63, 3.8) is 0 Å². The molecule has 3 aromatic rings. The van der Waals surface area contributed by atoms with Crippen LogP contribution < -0.4 is 4.74 Å². The molecule has 9 heteroatoms. The van der Waals surface area contributed by atoms with Gasteiger partial charge in [0.25, 0.3) is 0 Å². The van der Waals surface area contributed by atoms with E-state index in [9.17, 15) is 26.3 Å². The lowest BCUT2D eigenvalue weighted by atomic mass is 10.1. The van der Waals surface area contributed by atoms with Crippen molar-refractivity contribution in [2.24, 2.45) is 0 Å². The zero-order chi connectivity index (χ0) is 19.1. The molecule has 26 heavy (non-hydrogen) atoms. The fourth-order valence-electron chi connectivity index (χ4n) is 2.16. The Labute approximate surface area is 151 Å². The second kappa shape index (κ2) is 6.71. The number of alkyl halides is 3. The van der Waals surface area contributed by atoms with Gasteiger partial charge in [0.1, 0.15) is 17.3 Å². The van der Waals surface area contributed by atoms with Crippen LogP contribution >= 0.6 is 15.9 Å². The van der Waals surface area contributed by atoms with E-state index < -0.39 is 34.9 Å². The lowest BCUT2D eigenvalue weighted by molar-refractivity contribution is -0.138. The van der Waals surface area contributed by atoms with Gasteiger partial charge in [-0.1, -0.05) is 0 Å². The smallest absolute Gasteiger partial charge is 0.416 e. The van der Waals surface area contributed by atoms with Crippen molar-refractivity contribution in [3.8, 4) is 22.8 Å². The van der Waals surface area contributed by atoms with Crippen molar-refractivity contribution in [1.29, 1.82) is 0 Å². The first-order valence-corrected chi connectivity index (χ1v) is 7.73. The second-order valence-electron chi connectivity index (χ2n) is 5.11. The van der Waals surface area contributed by atoms with Crippen LogP contribution in [0.2, 0.25) is 0 Å². The topological polar surface area (TPSA) is 22.4 Å². The van der Waals surface area contributed by atoms with Crippen molar-refractivity contribution in [2.75, 3.05) is 0 Å². The van der Waals surface area contributed by atoms with E-state index >= 15 is 0 Å². The normalized spacial score (nSPS) is 11.7. The number of ether oxygens (including phenoxy) is 1. The summed E-state index contributed by atoms with van der Waals surface area (Å²) < 4.78 is 89.8. The summed E-state index contributed by atoms with van der Waals surface area (Å²) >= 11 is 2.98. The van der Waals surface area contributed by atoms with E-state index in [2.05, 4.69) is 15.9 Å². The first kappa shape index (κ1) is 18.4. The molecule has 0 amide bonds. The van der Waals surface area contributed by atoms with Crippen LogP contribution in [0, 0.1) is 17.5 Å². The molecule has 0 atom stereocenters.